The summed E-state index contributed by atoms with van der Waals surface area (Å²) in [6, 6.07) is 12.7. The fourth-order valence-corrected chi connectivity index (χ4v) is 3.27. The summed E-state index contributed by atoms with van der Waals surface area (Å²) in [4.78, 5) is 18.8. The third kappa shape index (κ3) is 5.65. The Morgan fingerprint density at radius 3 is 2.71 bits per heavy atom. The van der Waals surface area contributed by atoms with E-state index in [1.54, 1.807) is 30.6 Å². The van der Waals surface area contributed by atoms with Gasteiger partial charge in [0, 0.05) is 48.9 Å². The first-order valence-electron chi connectivity index (χ1n) is 8.54. The van der Waals surface area contributed by atoms with E-state index in [0.717, 1.165) is 16.5 Å². The molecule has 0 spiro atoms. The number of fused-ring (bicyclic) bond motifs is 1. The summed E-state index contributed by atoms with van der Waals surface area (Å²) >= 11 is 0. The quantitative estimate of drug-likeness (QED) is 0.346. The second kappa shape index (κ2) is 9.14. The Balaban J connectivity index is 1.42. The number of hydrogen-bond donors (Lipinski definition) is 4. The molecule has 0 saturated heterocycles. The zero-order valence-electron chi connectivity index (χ0n) is 14.9. The van der Waals surface area contributed by atoms with Gasteiger partial charge in [0.25, 0.3) is 16.1 Å². The van der Waals surface area contributed by atoms with Gasteiger partial charge in [-0.2, -0.15) is 13.1 Å². The van der Waals surface area contributed by atoms with Crippen molar-refractivity contribution < 1.29 is 13.2 Å². The Morgan fingerprint density at radius 1 is 1.07 bits per heavy atom. The van der Waals surface area contributed by atoms with E-state index in [4.69, 9.17) is 0 Å². The number of H-pyrrole nitrogens is 1. The molecule has 0 unspecified atom stereocenters. The molecule has 0 aliphatic rings. The summed E-state index contributed by atoms with van der Waals surface area (Å²) in [5.74, 6) is 4.72. The number of pyridine rings is 1. The summed E-state index contributed by atoms with van der Waals surface area (Å²) in [5, 5.41) is 3.40. The first-order valence-corrected chi connectivity index (χ1v) is 10.0. The van der Waals surface area contributed by atoms with Crippen molar-refractivity contribution in [3.63, 3.8) is 0 Å². The molecule has 0 fully saturated rings. The van der Waals surface area contributed by atoms with Crippen molar-refractivity contribution >= 4 is 27.1 Å². The van der Waals surface area contributed by atoms with Gasteiger partial charge in [0.05, 0.1) is 0 Å². The van der Waals surface area contributed by atoms with Crippen LogP contribution < -0.4 is 14.8 Å². The number of nitrogens with zero attached hydrogens (tertiary/aromatic N) is 1. The summed E-state index contributed by atoms with van der Waals surface area (Å²) in [5.41, 5.74) is 2.24. The number of carbonyl (C=O) groups is 1. The Labute approximate surface area is 162 Å². The highest BCUT2D eigenvalue weighted by atomic mass is 32.2. The van der Waals surface area contributed by atoms with Crippen LogP contribution in [0.3, 0.4) is 0 Å². The third-order valence-corrected chi connectivity index (χ3v) is 4.91. The third-order valence-electron chi connectivity index (χ3n) is 3.80. The van der Waals surface area contributed by atoms with Gasteiger partial charge in [-0.1, -0.05) is 24.1 Å². The van der Waals surface area contributed by atoms with Gasteiger partial charge in [-0.3, -0.25) is 4.79 Å². The second-order valence-corrected chi connectivity index (χ2v) is 7.39. The van der Waals surface area contributed by atoms with Crippen LogP contribution in [0.5, 0.6) is 0 Å². The molecule has 1 aromatic carbocycles. The number of carbonyl (C=O) groups excluding carboxylic acids is 1. The molecule has 3 aromatic rings. The van der Waals surface area contributed by atoms with Crippen LogP contribution >= 0.6 is 0 Å². The van der Waals surface area contributed by atoms with E-state index in [-0.39, 0.29) is 19.6 Å². The van der Waals surface area contributed by atoms with E-state index in [1.165, 1.54) is 0 Å². The largest absolute Gasteiger partial charge is 0.346 e. The van der Waals surface area contributed by atoms with Crippen molar-refractivity contribution in [3.05, 3.63) is 66.0 Å². The second-order valence-electron chi connectivity index (χ2n) is 5.80. The van der Waals surface area contributed by atoms with E-state index in [9.17, 15) is 13.2 Å². The average Bonchev–Trinajstić information content (AvgIpc) is 3.18. The molecule has 4 N–H and O–H groups in total. The Kier molecular flexibility index (Phi) is 6.39. The zero-order chi connectivity index (χ0) is 19.8. The number of rotatable bonds is 7. The van der Waals surface area contributed by atoms with Crippen LogP contribution in [-0.4, -0.2) is 37.4 Å². The summed E-state index contributed by atoms with van der Waals surface area (Å²) in [7, 11) is -3.70. The van der Waals surface area contributed by atoms with Gasteiger partial charge in [0.15, 0.2) is 0 Å². The molecule has 28 heavy (non-hydrogen) atoms. The highest BCUT2D eigenvalue weighted by molar-refractivity contribution is 7.87. The highest BCUT2D eigenvalue weighted by Crippen LogP contribution is 2.14. The van der Waals surface area contributed by atoms with Crippen molar-refractivity contribution in [2.75, 3.05) is 13.1 Å². The Morgan fingerprint density at radius 2 is 1.89 bits per heavy atom. The standard InChI is InChI=1S/C19H19N5O3S/c25-18(7-6-15-4-2-1-3-5-15)20-12-13-23-28(26,27)24-14-16-8-10-21-19-17(16)9-11-22-19/h1-5,8-11,23-24H,12-14H2,(H,20,25)(H,21,22). The van der Waals surface area contributed by atoms with Crippen LogP contribution in [0.2, 0.25) is 0 Å². The minimum atomic E-state index is -3.70. The lowest BCUT2D eigenvalue weighted by atomic mass is 10.2. The van der Waals surface area contributed by atoms with E-state index < -0.39 is 16.1 Å². The highest BCUT2D eigenvalue weighted by Gasteiger charge is 2.10. The van der Waals surface area contributed by atoms with E-state index in [1.807, 2.05) is 24.3 Å². The van der Waals surface area contributed by atoms with Gasteiger partial charge in [0.1, 0.15) is 5.65 Å². The fourth-order valence-electron chi connectivity index (χ4n) is 2.45. The molecule has 0 radical (unpaired) electrons. The van der Waals surface area contributed by atoms with Gasteiger partial charge in [0.2, 0.25) is 0 Å². The summed E-state index contributed by atoms with van der Waals surface area (Å²) < 4.78 is 28.9. The SMILES string of the molecule is O=C(C#Cc1ccccc1)NCCNS(=O)(=O)NCc1ccnc2[nH]ccc12. The molecule has 2 aromatic heterocycles. The Hall–Kier alpha value is -3.19. The predicted molar refractivity (Wildman–Crippen MR) is 106 cm³/mol. The number of aromatic nitrogens is 2. The van der Waals surface area contributed by atoms with Gasteiger partial charge in [-0.15, -0.1) is 0 Å². The first-order chi connectivity index (χ1) is 13.5. The molecule has 9 heteroatoms. The van der Waals surface area contributed by atoms with E-state index >= 15 is 0 Å². The van der Waals surface area contributed by atoms with Crippen molar-refractivity contribution in [1.29, 1.82) is 0 Å². The summed E-state index contributed by atoms with van der Waals surface area (Å²) in [6.45, 7) is 0.297. The molecule has 0 aliphatic heterocycles. The van der Waals surface area contributed by atoms with Gasteiger partial charge < -0.3 is 10.3 Å². The molecule has 0 atom stereocenters. The number of benzene rings is 1. The van der Waals surface area contributed by atoms with E-state index in [0.29, 0.717) is 5.65 Å². The molecule has 8 nitrogen and oxygen atoms in total. The maximum Gasteiger partial charge on any atom is 0.296 e. The summed E-state index contributed by atoms with van der Waals surface area (Å²) in [6.07, 6.45) is 3.36. The molecule has 1 amide bonds. The zero-order valence-corrected chi connectivity index (χ0v) is 15.7. The monoisotopic (exact) mass is 397 g/mol. The number of nitrogens with one attached hydrogen (secondary N) is 4. The lowest BCUT2D eigenvalue weighted by Gasteiger charge is -2.09. The van der Waals surface area contributed by atoms with Crippen LogP contribution in [0.1, 0.15) is 11.1 Å². The van der Waals surface area contributed by atoms with Gasteiger partial charge in [-0.05, 0) is 29.8 Å². The van der Waals surface area contributed by atoms with Gasteiger partial charge >= 0.3 is 0 Å². The maximum absolute atomic E-state index is 12.0. The molecule has 0 aliphatic carbocycles. The van der Waals surface area contributed by atoms with Crippen molar-refractivity contribution in [1.82, 2.24) is 24.7 Å². The molecular formula is C19H19N5O3S. The smallest absolute Gasteiger partial charge is 0.296 e. The average molecular weight is 397 g/mol. The Bertz CT molecular complexity index is 1110. The molecule has 144 valence electrons. The molecule has 0 bridgehead atoms. The van der Waals surface area contributed by atoms with Crippen molar-refractivity contribution in [2.24, 2.45) is 0 Å². The lowest BCUT2D eigenvalue weighted by molar-refractivity contribution is -0.115. The van der Waals surface area contributed by atoms with Crippen LogP contribution in [-0.2, 0) is 21.5 Å². The topological polar surface area (TPSA) is 116 Å². The molecule has 3 rings (SSSR count). The minimum absolute atomic E-state index is 0.0456. The van der Waals surface area contributed by atoms with Crippen LogP contribution in [0, 0.1) is 11.8 Å². The van der Waals surface area contributed by atoms with Crippen molar-refractivity contribution in [2.45, 2.75) is 6.54 Å². The maximum atomic E-state index is 12.0. The predicted octanol–water partition coefficient (Wildman–Crippen LogP) is 0.655. The first kappa shape index (κ1) is 19.6. The minimum Gasteiger partial charge on any atom is -0.346 e. The lowest BCUT2D eigenvalue weighted by Crippen LogP contribution is -2.40. The molecule has 0 saturated carbocycles. The number of hydrogen-bond acceptors (Lipinski definition) is 4. The molecule has 2 heterocycles. The van der Waals surface area contributed by atoms with Crippen LogP contribution in [0.25, 0.3) is 11.0 Å². The van der Waals surface area contributed by atoms with E-state index in [2.05, 4.69) is 36.6 Å². The van der Waals surface area contributed by atoms with Crippen molar-refractivity contribution in [3.8, 4) is 11.8 Å². The fraction of sp³-hybridized carbons (Fsp3) is 0.158. The van der Waals surface area contributed by atoms with Crippen LogP contribution in [0.4, 0.5) is 0 Å². The normalized spacial score (nSPS) is 11.0. The number of aromatic amines is 1. The molecular weight excluding hydrogens is 378 g/mol. The number of amides is 1. The van der Waals surface area contributed by atoms with Crippen LogP contribution in [0.15, 0.2) is 54.9 Å². The van der Waals surface area contributed by atoms with Gasteiger partial charge in [-0.25, -0.2) is 9.71 Å².